The summed E-state index contributed by atoms with van der Waals surface area (Å²) in [6.07, 6.45) is 0. The van der Waals surface area contributed by atoms with Crippen LogP contribution in [0.3, 0.4) is 0 Å². The van der Waals surface area contributed by atoms with Crippen molar-refractivity contribution in [3.8, 4) is 5.75 Å². The molecule has 0 N–H and O–H groups in total. The summed E-state index contributed by atoms with van der Waals surface area (Å²) in [6, 6.07) is 19.6. The van der Waals surface area contributed by atoms with Crippen molar-refractivity contribution in [2.24, 2.45) is 11.8 Å². The Labute approximate surface area is 175 Å². The summed E-state index contributed by atoms with van der Waals surface area (Å²) >= 11 is 0. The molecule has 0 spiro atoms. The molecule has 2 aromatic rings. The minimum absolute atomic E-state index is 0. The van der Waals surface area contributed by atoms with Crippen molar-refractivity contribution in [2.45, 2.75) is 13.0 Å². The van der Waals surface area contributed by atoms with Crippen LogP contribution in [-0.2, 0) is 0 Å². The molecule has 2 aromatic carbocycles. The number of para-hydroxylation sites is 1. The summed E-state index contributed by atoms with van der Waals surface area (Å²) in [6.45, 7) is 7.64. The summed E-state index contributed by atoms with van der Waals surface area (Å²) in [5.41, 5.74) is 2.94. The Bertz CT molecular complexity index is 712. The number of halogens is 2. The van der Waals surface area contributed by atoms with Crippen LogP contribution in [0.25, 0.3) is 0 Å². The average molecular weight is 409 g/mol. The van der Waals surface area contributed by atoms with Crippen LogP contribution in [0.4, 0.5) is 0 Å². The summed E-state index contributed by atoms with van der Waals surface area (Å²) in [5, 5.41) is 0. The molecule has 2 fully saturated rings. The third-order valence-electron chi connectivity index (χ3n) is 5.90. The van der Waals surface area contributed by atoms with Crippen LogP contribution in [0.1, 0.15) is 17.2 Å². The number of aryl methyl sites for hydroxylation is 1. The van der Waals surface area contributed by atoms with Crippen molar-refractivity contribution in [1.29, 1.82) is 0 Å². The number of rotatable bonds is 5. The Morgan fingerprint density at radius 1 is 0.926 bits per heavy atom. The first-order chi connectivity index (χ1) is 12.2. The maximum absolute atomic E-state index is 5.89. The molecule has 148 valence electrons. The van der Waals surface area contributed by atoms with E-state index in [9.17, 15) is 0 Å². The monoisotopic (exact) mass is 408 g/mol. The molecule has 2 heterocycles. The lowest BCUT2D eigenvalue weighted by molar-refractivity contribution is 0.198. The quantitative estimate of drug-likeness (QED) is 0.726. The van der Waals surface area contributed by atoms with Gasteiger partial charge >= 0.3 is 0 Å². The van der Waals surface area contributed by atoms with E-state index in [0.717, 1.165) is 30.7 Å². The van der Waals surface area contributed by atoms with Crippen molar-refractivity contribution in [2.75, 3.05) is 39.8 Å². The van der Waals surface area contributed by atoms with Crippen LogP contribution < -0.4 is 4.74 Å². The van der Waals surface area contributed by atoms with E-state index in [1.165, 1.54) is 30.8 Å². The Balaban J connectivity index is 0.00000131. The van der Waals surface area contributed by atoms with Gasteiger partial charge in [0, 0.05) is 32.2 Å². The molecular weight excluding hydrogens is 379 g/mol. The van der Waals surface area contributed by atoms with Crippen LogP contribution in [0, 0.1) is 18.8 Å². The highest BCUT2D eigenvalue weighted by Gasteiger charge is 2.46. The second-order valence-electron chi connectivity index (χ2n) is 7.59. The molecule has 0 amide bonds. The molecule has 3 atom stereocenters. The number of benzene rings is 2. The van der Waals surface area contributed by atoms with E-state index >= 15 is 0 Å². The van der Waals surface area contributed by atoms with Gasteiger partial charge in [0.1, 0.15) is 12.4 Å². The maximum atomic E-state index is 5.89. The second kappa shape index (κ2) is 9.79. The van der Waals surface area contributed by atoms with E-state index in [-0.39, 0.29) is 24.8 Å². The Hall–Kier alpha value is -1.26. The zero-order chi connectivity index (χ0) is 17.2. The van der Waals surface area contributed by atoms with E-state index in [0.29, 0.717) is 6.04 Å². The fourth-order valence-corrected chi connectivity index (χ4v) is 4.73. The third kappa shape index (κ3) is 4.78. The highest BCUT2D eigenvalue weighted by molar-refractivity contribution is 5.85. The SMILES string of the molecule is Cc1ccccc1[C@@H]1[C@@H]2CN(CCOc3ccccc3)C[C@@H]2CN1C.Cl.Cl. The van der Waals surface area contributed by atoms with Crippen LogP contribution in [0.15, 0.2) is 54.6 Å². The van der Waals surface area contributed by atoms with Gasteiger partial charge in [-0.25, -0.2) is 0 Å². The third-order valence-corrected chi connectivity index (χ3v) is 5.90. The molecular formula is C22H30Cl2N2O. The average Bonchev–Trinajstić information content (AvgIpc) is 3.13. The van der Waals surface area contributed by atoms with Crippen molar-refractivity contribution in [3.63, 3.8) is 0 Å². The fraction of sp³-hybridized carbons (Fsp3) is 0.455. The van der Waals surface area contributed by atoms with E-state index in [1.807, 2.05) is 30.3 Å². The predicted molar refractivity (Wildman–Crippen MR) is 116 cm³/mol. The minimum Gasteiger partial charge on any atom is -0.492 e. The Morgan fingerprint density at radius 3 is 2.37 bits per heavy atom. The molecule has 2 aliphatic rings. The first-order valence-electron chi connectivity index (χ1n) is 9.38. The van der Waals surface area contributed by atoms with E-state index in [1.54, 1.807) is 0 Å². The van der Waals surface area contributed by atoms with Crippen molar-refractivity contribution < 1.29 is 4.74 Å². The summed E-state index contributed by atoms with van der Waals surface area (Å²) in [7, 11) is 2.29. The van der Waals surface area contributed by atoms with E-state index in [2.05, 4.69) is 48.0 Å². The van der Waals surface area contributed by atoms with Gasteiger partial charge < -0.3 is 4.74 Å². The zero-order valence-corrected chi connectivity index (χ0v) is 17.7. The summed E-state index contributed by atoms with van der Waals surface area (Å²) in [5.74, 6) is 2.49. The lowest BCUT2D eigenvalue weighted by atomic mass is 9.88. The molecule has 2 saturated heterocycles. The lowest BCUT2D eigenvalue weighted by Gasteiger charge is -2.28. The first-order valence-corrected chi connectivity index (χ1v) is 9.38. The number of hydrogen-bond donors (Lipinski definition) is 0. The molecule has 27 heavy (non-hydrogen) atoms. The molecule has 0 unspecified atom stereocenters. The Morgan fingerprint density at radius 2 is 1.63 bits per heavy atom. The second-order valence-corrected chi connectivity index (χ2v) is 7.59. The van der Waals surface area contributed by atoms with Crippen molar-refractivity contribution >= 4 is 24.8 Å². The topological polar surface area (TPSA) is 15.7 Å². The number of likely N-dealkylation sites (tertiary alicyclic amines) is 2. The molecule has 2 aliphatic heterocycles. The highest BCUT2D eigenvalue weighted by Crippen LogP contribution is 2.44. The summed E-state index contributed by atoms with van der Waals surface area (Å²) in [4.78, 5) is 5.16. The molecule has 3 nitrogen and oxygen atoms in total. The molecule has 5 heteroatoms. The van der Waals surface area contributed by atoms with Crippen LogP contribution in [0.2, 0.25) is 0 Å². The molecule has 0 aromatic heterocycles. The lowest BCUT2D eigenvalue weighted by Crippen LogP contribution is -2.31. The van der Waals surface area contributed by atoms with Gasteiger partial charge in [0.15, 0.2) is 0 Å². The molecule has 4 rings (SSSR count). The van der Waals surface area contributed by atoms with Gasteiger partial charge in [0.25, 0.3) is 0 Å². The number of hydrogen-bond acceptors (Lipinski definition) is 3. The number of ether oxygens (including phenoxy) is 1. The maximum Gasteiger partial charge on any atom is 0.119 e. The summed E-state index contributed by atoms with van der Waals surface area (Å²) < 4.78 is 5.89. The number of nitrogens with zero attached hydrogens (tertiary/aromatic N) is 2. The fourth-order valence-electron chi connectivity index (χ4n) is 4.73. The van der Waals surface area contributed by atoms with Gasteiger partial charge in [0.05, 0.1) is 0 Å². The van der Waals surface area contributed by atoms with Gasteiger partial charge in [-0.15, -0.1) is 24.8 Å². The van der Waals surface area contributed by atoms with Gasteiger partial charge in [-0.2, -0.15) is 0 Å². The van der Waals surface area contributed by atoms with Gasteiger partial charge in [-0.1, -0.05) is 42.5 Å². The molecule has 0 radical (unpaired) electrons. The van der Waals surface area contributed by atoms with Gasteiger partial charge in [-0.3, -0.25) is 9.80 Å². The van der Waals surface area contributed by atoms with Gasteiger partial charge in [-0.05, 0) is 49.1 Å². The van der Waals surface area contributed by atoms with E-state index in [4.69, 9.17) is 4.74 Å². The highest BCUT2D eigenvalue weighted by atomic mass is 35.5. The first kappa shape index (κ1) is 22.0. The molecule has 0 aliphatic carbocycles. The van der Waals surface area contributed by atoms with Crippen molar-refractivity contribution in [1.82, 2.24) is 9.80 Å². The zero-order valence-electron chi connectivity index (χ0n) is 16.1. The van der Waals surface area contributed by atoms with E-state index < -0.39 is 0 Å². The largest absolute Gasteiger partial charge is 0.492 e. The normalized spacial score (nSPS) is 24.7. The molecule has 0 saturated carbocycles. The van der Waals surface area contributed by atoms with Crippen molar-refractivity contribution in [3.05, 3.63) is 65.7 Å². The smallest absolute Gasteiger partial charge is 0.119 e. The minimum atomic E-state index is 0. The van der Waals surface area contributed by atoms with Gasteiger partial charge in [0.2, 0.25) is 0 Å². The van der Waals surface area contributed by atoms with Crippen LogP contribution >= 0.6 is 24.8 Å². The van der Waals surface area contributed by atoms with Crippen LogP contribution in [0.5, 0.6) is 5.75 Å². The molecule has 0 bridgehead atoms. The Kier molecular flexibility index (Phi) is 7.99. The standard InChI is InChI=1S/C22H28N2O.2ClH/c1-17-8-6-7-11-20(17)22-21-16-24(15-18(21)14-23(22)2)12-13-25-19-9-4-3-5-10-19;;/h3-11,18,21-22H,12-16H2,1-2H3;2*1H/t18-,21+,22+;;/m0../s1. The van der Waals surface area contributed by atoms with Crippen LogP contribution in [-0.4, -0.2) is 49.6 Å². The number of fused-ring (bicyclic) bond motifs is 1. The predicted octanol–water partition coefficient (Wildman–Crippen LogP) is 4.45.